The topological polar surface area (TPSA) is 74.9 Å². The molecular formula is C28H28N2O4. The molecule has 0 atom stereocenters. The molecule has 6 nitrogen and oxygen atoms in total. The van der Waals surface area contributed by atoms with Gasteiger partial charge in [0.25, 0.3) is 5.91 Å². The molecule has 3 aromatic carbocycles. The fraction of sp³-hybridized carbons (Fsp3) is 0.250. The third-order valence-electron chi connectivity index (χ3n) is 6.56. The zero-order valence-electron chi connectivity index (χ0n) is 19.2. The summed E-state index contributed by atoms with van der Waals surface area (Å²) in [7, 11) is 1.56. The van der Waals surface area contributed by atoms with Crippen molar-refractivity contribution in [1.29, 1.82) is 0 Å². The van der Waals surface area contributed by atoms with E-state index < -0.39 is 5.60 Å². The van der Waals surface area contributed by atoms with Crippen LogP contribution < -0.4 is 10.1 Å². The Kier molecular flexibility index (Phi) is 6.09. The van der Waals surface area contributed by atoms with Crippen molar-refractivity contribution < 1.29 is 19.1 Å². The number of likely N-dealkylation sites (tertiary alicyclic amines) is 1. The number of para-hydroxylation sites is 2. The van der Waals surface area contributed by atoms with Gasteiger partial charge in [0.2, 0.25) is 0 Å². The first-order chi connectivity index (χ1) is 16.5. The number of rotatable bonds is 6. The summed E-state index contributed by atoms with van der Waals surface area (Å²) in [6.45, 7) is 2.53. The van der Waals surface area contributed by atoms with Crippen LogP contribution in [0, 0.1) is 0 Å². The number of furan rings is 1. The summed E-state index contributed by atoms with van der Waals surface area (Å²) in [6, 6.07) is 25.0. The average Bonchev–Trinajstić information content (AvgIpc) is 3.30. The first-order valence-electron chi connectivity index (χ1n) is 11.5. The van der Waals surface area contributed by atoms with Crippen LogP contribution in [0.1, 0.15) is 34.5 Å². The van der Waals surface area contributed by atoms with E-state index in [0.29, 0.717) is 29.9 Å². The Morgan fingerprint density at radius 1 is 1.03 bits per heavy atom. The molecule has 0 aliphatic carbocycles. The Morgan fingerprint density at radius 2 is 1.76 bits per heavy atom. The summed E-state index contributed by atoms with van der Waals surface area (Å²) >= 11 is 0. The highest BCUT2D eigenvalue weighted by atomic mass is 16.5. The quantitative estimate of drug-likeness (QED) is 0.418. The standard InChI is InChI=1S/C28H28N2O4/c1-33-25-10-6-5-9-23(25)29-27(31)26-18-21-17-22(11-12-24(21)34-26)28(32)13-15-30(16-14-28)19-20-7-3-2-4-8-20/h2-12,17-18,32H,13-16,19H2,1H3,(H,29,31). The minimum atomic E-state index is -0.890. The van der Waals surface area contributed by atoms with E-state index in [1.165, 1.54) is 5.56 Å². The molecule has 2 heterocycles. The number of anilines is 1. The van der Waals surface area contributed by atoms with Gasteiger partial charge in [-0.1, -0.05) is 48.5 Å². The molecule has 1 saturated heterocycles. The van der Waals surface area contributed by atoms with Crippen LogP contribution >= 0.6 is 0 Å². The van der Waals surface area contributed by atoms with Gasteiger partial charge in [0, 0.05) is 25.0 Å². The second-order valence-electron chi connectivity index (χ2n) is 8.81. The number of hydrogen-bond donors (Lipinski definition) is 2. The van der Waals surface area contributed by atoms with Gasteiger partial charge < -0.3 is 19.6 Å². The van der Waals surface area contributed by atoms with E-state index in [-0.39, 0.29) is 11.7 Å². The van der Waals surface area contributed by atoms with Crippen molar-refractivity contribution >= 4 is 22.6 Å². The van der Waals surface area contributed by atoms with Crippen LogP contribution in [0.5, 0.6) is 5.75 Å². The fourth-order valence-corrected chi connectivity index (χ4v) is 4.59. The normalized spacial score (nSPS) is 15.8. The van der Waals surface area contributed by atoms with Crippen LogP contribution in [0.2, 0.25) is 0 Å². The summed E-state index contributed by atoms with van der Waals surface area (Å²) in [5.74, 6) is 0.438. The number of piperidine rings is 1. The van der Waals surface area contributed by atoms with Gasteiger partial charge in [-0.05, 0) is 54.3 Å². The maximum absolute atomic E-state index is 12.8. The zero-order valence-corrected chi connectivity index (χ0v) is 19.2. The number of hydrogen-bond acceptors (Lipinski definition) is 5. The minimum Gasteiger partial charge on any atom is -0.495 e. The third-order valence-corrected chi connectivity index (χ3v) is 6.56. The Bertz CT molecular complexity index is 1290. The highest BCUT2D eigenvalue weighted by Crippen LogP contribution is 2.35. The number of amides is 1. The number of carbonyl (C=O) groups is 1. The number of aliphatic hydroxyl groups is 1. The molecule has 2 N–H and O–H groups in total. The predicted molar refractivity (Wildman–Crippen MR) is 132 cm³/mol. The highest BCUT2D eigenvalue weighted by molar-refractivity contribution is 6.05. The van der Waals surface area contributed by atoms with Crippen molar-refractivity contribution in [1.82, 2.24) is 4.90 Å². The number of benzene rings is 3. The fourth-order valence-electron chi connectivity index (χ4n) is 4.59. The maximum Gasteiger partial charge on any atom is 0.291 e. The second kappa shape index (κ2) is 9.33. The van der Waals surface area contributed by atoms with E-state index >= 15 is 0 Å². The number of fused-ring (bicyclic) bond motifs is 1. The number of carbonyl (C=O) groups excluding carboxylic acids is 1. The number of methoxy groups -OCH3 is 1. The van der Waals surface area contributed by atoms with E-state index in [9.17, 15) is 9.90 Å². The van der Waals surface area contributed by atoms with E-state index in [1.54, 1.807) is 25.3 Å². The van der Waals surface area contributed by atoms with Crippen LogP contribution in [-0.2, 0) is 12.1 Å². The first kappa shape index (κ1) is 22.2. The molecule has 1 amide bonds. The lowest BCUT2D eigenvalue weighted by atomic mass is 9.84. The molecule has 0 bridgehead atoms. The molecular weight excluding hydrogens is 428 g/mol. The lowest BCUT2D eigenvalue weighted by Crippen LogP contribution is -2.42. The van der Waals surface area contributed by atoms with Gasteiger partial charge in [-0.15, -0.1) is 0 Å². The van der Waals surface area contributed by atoms with Gasteiger partial charge in [-0.2, -0.15) is 0 Å². The van der Waals surface area contributed by atoms with E-state index in [2.05, 4.69) is 34.5 Å². The molecule has 1 fully saturated rings. The van der Waals surface area contributed by atoms with Gasteiger partial charge in [0.15, 0.2) is 5.76 Å². The minimum absolute atomic E-state index is 0.211. The van der Waals surface area contributed by atoms with Crippen molar-refractivity contribution in [2.24, 2.45) is 0 Å². The van der Waals surface area contributed by atoms with Crippen LogP contribution in [0.15, 0.2) is 83.3 Å². The smallest absolute Gasteiger partial charge is 0.291 e. The van der Waals surface area contributed by atoms with Crippen molar-refractivity contribution in [2.45, 2.75) is 25.0 Å². The van der Waals surface area contributed by atoms with Crippen molar-refractivity contribution in [3.05, 3.63) is 95.7 Å². The molecule has 5 rings (SSSR count). The number of nitrogens with one attached hydrogen (secondary N) is 1. The summed E-state index contributed by atoms with van der Waals surface area (Å²) in [4.78, 5) is 15.1. The van der Waals surface area contributed by atoms with Gasteiger partial charge in [-0.3, -0.25) is 9.69 Å². The maximum atomic E-state index is 12.8. The van der Waals surface area contributed by atoms with E-state index in [1.807, 2.05) is 36.4 Å². The molecule has 174 valence electrons. The number of ether oxygens (including phenoxy) is 1. The van der Waals surface area contributed by atoms with Crippen LogP contribution in [0.4, 0.5) is 5.69 Å². The van der Waals surface area contributed by atoms with Crippen molar-refractivity contribution in [3.63, 3.8) is 0 Å². The molecule has 34 heavy (non-hydrogen) atoms. The van der Waals surface area contributed by atoms with Crippen LogP contribution in [0.25, 0.3) is 11.0 Å². The summed E-state index contributed by atoms with van der Waals surface area (Å²) < 4.78 is 11.1. The van der Waals surface area contributed by atoms with Crippen molar-refractivity contribution in [2.75, 3.05) is 25.5 Å². The Morgan fingerprint density at radius 3 is 2.53 bits per heavy atom. The average molecular weight is 457 g/mol. The lowest BCUT2D eigenvalue weighted by Gasteiger charge is -2.38. The number of nitrogens with zero attached hydrogens (tertiary/aromatic N) is 1. The Balaban J connectivity index is 1.29. The molecule has 1 aliphatic heterocycles. The third kappa shape index (κ3) is 4.55. The lowest BCUT2D eigenvalue weighted by molar-refractivity contribution is -0.0276. The summed E-state index contributed by atoms with van der Waals surface area (Å²) in [5, 5.41) is 15.0. The SMILES string of the molecule is COc1ccccc1NC(=O)c1cc2cc(C3(O)CCN(Cc4ccccc4)CC3)ccc2o1. The van der Waals surface area contributed by atoms with Gasteiger partial charge in [0.05, 0.1) is 18.4 Å². The molecule has 1 aromatic heterocycles. The predicted octanol–water partition coefficient (Wildman–Crippen LogP) is 5.18. The molecule has 0 unspecified atom stereocenters. The molecule has 0 spiro atoms. The van der Waals surface area contributed by atoms with Crippen LogP contribution in [0.3, 0.4) is 0 Å². The van der Waals surface area contributed by atoms with Gasteiger partial charge in [-0.25, -0.2) is 0 Å². The second-order valence-corrected chi connectivity index (χ2v) is 8.81. The molecule has 0 radical (unpaired) electrons. The molecule has 1 aliphatic rings. The van der Waals surface area contributed by atoms with Crippen LogP contribution in [-0.4, -0.2) is 36.1 Å². The van der Waals surface area contributed by atoms with Gasteiger partial charge in [0.1, 0.15) is 11.3 Å². The summed E-state index contributed by atoms with van der Waals surface area (Å²) in [5.41, 5.74) is 2.44. The molecule has 6 heteroatoms. The van der Waals surface area contributed by atoms with Crippen molar-refractivity contribution in [3.8, 4) is 5.75 Å². The Labute approximate surface area is 198 Å². The summed E-state index contributed by atoms with van der Waals surface area (Å²) in [6.07, 6.45) is 1.31. The van der Waals surface area contributed by atoms with E-state index in [0.717, 1.165) is 30.6 Å². The van der Waals surface area contributed by atoms with Gasteiger partial charge >= 0.3 is 0 Å². The zero-order chi connectivity index (χ0) is 23.5. The Hall–Kier alpha value is -3.61. The van der Waals surface area contributed by atoms with E-state index in [4.69, 9.17) is 9.15 Å². The molecule has 0 saturated carbocycles. The largest absolute Gasteiger partial charge is 0.495 e. The highest BCUT2D eigenvalue weighted by Gasteiger charge is 2.34. The molecule has 4 aromatic rings. The first-order valence-corrected chi connectivity index (χ1v) is 11.5. The monoisotopic (exact) mass is 456 g/mol.